The van der Waals surface area contributed by atoms with Gasteiger partial charge in [0.2, 0.25) is 5.91 Å². The van der Waals surface area contributed by atoms with E-state index < -0.39 is 29.8 Å². The number of benzene rings is 2. The van der Waals surface area contributed by atoms with E-state index >= 15 is 0 Å². The first-order valence-electron chi connectivity index (χ1n) is 11.0. The number of halogens is 3. The van der Waals surface area contributed by atoms with Crippen molar-refractivity contribution >= 4 is 28.9 Å². The van der Waals surface area contributed by atoms with E-state index in [0.29, 0.717) is 37.1 Å². The molecule has 0 radical (unpaired) electrons. The number of nitrogens with one attached hydrogen (secondary N) is 2. The van der Waals surface area contributed by atoms with Crippen LogP contribution >= 0.6 is 0 Å². The quantitative estimate of drug-likeness (QED) is 0.623. The average molecular weight is 461 g/mol. The molecule has 2 aliphatic rings. The van der Waals surface area contributed by atoms with Gasteiger partial charge in [-0.3, -0.25) is 9.59 Å². The van der Waals surface area contributed by atoms with E-state index in [0.717, 1.165) is 24.5 Å². The first-order chi connectivity index (χ1) is 15.6. The predicted molar refractivity (Wildman–Crippen MR) is 119 cm³/mol. The van der Waals surface area contributed by atoms with Crippen LogP contribution in [0.2, 0.25) is 0 Å². The molecule has 0 saturated heterocycles. The molecule has 0 bridgehead atoms. The summed E-state index contributed by atoms with van der Waals surface area (Å²) in [4.78, 5) is 26.6. The van der Waals surface area contributed by atoms with E-state index in [1.807, 2.05) is 0 Å². The Morgan fingerprint density at radius 2 is 1.88 bits per heavy atom. The zero-order valence-electron chi connectivity index (χ0n) is 18.2. The first-order valence-corrected chi connectivity index (χ1v) is 11.0. The minimum Gasteiger partial charge on any atom is -0.391 e. The fraction of sp³-hybridized carbons (Fsp3) is 0.417. The number of aliphatic hydroxyl groups is 1. The van der Waals surface area contributed by atoms with Crippen LogP contribution in [0.3, 0.4) is 0 Å². The van der Waals surface area contributed by atoms with Crippen LogP contribution in [0.5, 0.6) is 0 Å². The molecule has 4 rings (SSSR count). The second-order valence-corrected chi connectivity index (χ2v) is 8.58. The van der Waals surface area contributed by atoms with Crippen molar-refractivity contribution in [1.29, 1.82) is 0 Å². The number of anilines is 3. The van der Waals surface area contributed by atoms with E-state index in [4.69, 9.17) is 0 Å². The Balaban J connectivity index is 1.65. The molecule has 176 valence electrons. The smallest absolute Gasteiger partial charge is 0.391 e. The molecule has 1 aliphatic heterocycles. The lowest BCUT2D eigenvalue weighted by molar-refractivity contribution is -0.137. The van der Waals surface area contributed by atoms with Gasteiger partial charge in [-0.25, -0.2) is 0 Å². The zero-order valence-corrected chi connectivity index (χ0v) is 18.2. The Morgan fingerprint density at radius 3 is 2.61 bits per heavy atom. The highest BCUT2D eigenvalue weighted by atomic mass is 19.4. The third-order valence-electron chi connectivity index (χ3n) is 6.36. The lowest BCUT2D eigenvalue weighted by Crippen LogP contribution is -2.37. The summed E-state index contributed by atoms with van der Waals surface area (Å²) in [6.45, 7) is 0. The fourth-order valence-electron chi connectivity index (χ4n) is 4.51. The molecular formula is C24H26F3N3O3. The summed E-state index contributed by atoms with van der Waals surface area (Å²) >= 11 is 0. The molecule has 0 aromatic heterocycles. The number of hydrogen-bond donors (Lipinski definition) is 3. The number of aryl methyl sites for hydroxylation is 1. The summed E-state index contributed by atoms with van der Waals surface area (Å²) in [7, 11) is 1.65. The number of para-hydroxylation sites is 1. The number of rotatable bonds is 4. The summed E-state index contributed by atoms with van der Waals surface area (Å²) in [5, 5.41) is 15.8. The van der Waals surface area contributed by atoms with Crippen LogP contribution in [0.4, 0.5) is 30.2 Å². The molecule has 2 aromatic rings. The van der Waals surface area contributed by atoms with Gasteiger partial charge in [-0.15, -0.1) is 0 Å². The summed E-state index contributed by atoms with van der Waals surface area (Å²) in [6, 6.07) is 8.00. The number of carbonyl (C=O) groups excluding carboxylic acids is 2. The van der Waals surface area contributed by atoms with E-state index in [1.165, 1.54) is 17.0 Å². The van der Waals surface area contributed by atoms with Crippen molar-refractivity contribution in [1.82, 2.24) is 0 Å². The molecule has 1 heterocycles. The first kappa shape index (κ1) is 23.1. The number of carbonyl (C=O) groups is 2. The molecule has 33 heavy (non-hydrogen) atoms. The van der Waals surface area contributed by atoms with Gasteiger partial charge in [0.15, 0.2) is 0 Å². The maximum absolute atomic E-state index is 13.8. The van der Waals surface area contributed by atoms with Gasteiger partial charge in [-0.1, -0.05) is 25.0 Å². The third kappa shape index (κ3) is 4.83. The SMILES string of the molecule is CN1C(=O)CCc2ccc(NC(=O)c3cccc(C(F)(F)F)c3N[C@H]3CCCC[C@@H]3O)cc21. The highest BCUT2D eigenvalue weighted by molar-refractivity contribution is 6.09. The van der Waals surface area contributed by atoms with Crippen LogP contribution in [0.15, 0.2) is 36.4 Å². The highest BCUT2D eigenvalue weighted by Crippen LogP contribution is 2.38. The number of alkyl halides is 3. The van der Waals surface area contributed by atoms with Crippen LogP contribution in [0.25, 0.3) is 0 Å². The Kier molecular flexibility index (Phi) is 6.34. The molecular weight excluding hydrogens is 435 g/mol. The van der Waals surface area contributed by atoms with E-state index in [9.17, 15) is 27.9 Å². The van der Waals surface area contributed by atoms with Gasteiger partial charge >= 0.3 is 6.18 Å². The Labute approximate surface area is 189 Å². The largest absolute Gasteiger partial charge is 0.418 e. The van der Waals surface area contributed by atoms with Crippen molar-refractivity contribution in [3.05, 3.63) is 53.1 Å². The van der Waals surface area contributed by atoms with Gasteiger partial charge in [0, 0.05) is 24.8 Å². The molecule has 9 heteroatoms. The monoisotopic (exact) mass is 461 g/mol. The van der Waals surface area contributed by atoms with Crippen LogP contribution in [-0.4, -0.2) is 36.1 Å². The van der Waals surface area contributed by atoms with Crippen molar-refractivity contribution in [3.63, 3.8) is 0 Å². The standard InChI is InChI=1S/C24H26F3N3O3/c1-30-19-13-15(11-9-14(19)10-12-21(30)32)28-23(33)16-5-4-6-17(24(25,26)27)22(16)29-18-7-2-3-8-20(18)31/h4-6,9,11,13,18,20,29,31H,2-3,7-8,10,12H2,1H3,(H,28,33)/t18-,20-/m0/s1. The van der Waals surface area contributed by atoms with Crippen LogP contribution in [0, 0.1) is 0 Å². The van der Waals surface area contributed by atoms with Crippen molar-refractivity contribution < 1.29 is 27.9 Å². The minimum absolute atomic E-state index is 0.0404. The normalized spacial score (nSPS) is 20.9. The molecule has 1 fully saturated rings. The molecule has 6 nitrogen and oxygen atoms in total. The number of aliphatic hydroxyl groups excluding tert-OH is 1. The number of amides is 2. The van der Waals surface area contributed by atoms with Crippen LogP contribution < -0.4 is 15.5 Å². The van der Waals surface area contributed by atoms with Crippen molar-refractivity contribution in [2.45, 2.75) is 56.8 Å². The fourth-order valence-corrected chi connectivity index (χ4v) is 4.51. The summed E-state index contributed by atoms with van der Waals surface area (Å²) in [6.07, 6.45) is -1.86. The number of hydrogen-bond acceptors (Lipinski definition) is 4. The highest BCUT2D eigenvalue weighted by Gasteiger charge is 2.37. The van der Waals surface area contributed by atoms with Gasteiger partial charge < -0.3 is 20.6 Å². The van der Waals surface area contributed by atoms with E-state index in [1.54, 1.807) is 25.2 Å². The Morgan fingerprint density at radius 1 is 1.12 bits per heavy atom. The second kappa shape index (κ2) is 9.05. The molecule has 2 atom stereocenters. The lowest BCUT2D eigenvalue weighted by Gasteiger charge is -2.31. The molecule has 3 N–H and O–H groups in total. The summed E-state index contributed by atoms with van der Waals surface area (Å²) < 4.78 is 41.3. The van der Waals surface area contributed by atoms with E-state index in [2.05, 4.69) is 10.6 Å². The van der Waals surface area contributed by atoms with Gasteiger partial charge in [-0.2, -0.15) is 13.2 Å². The molecule has 0 unspecified atom stereocenters. The molecule has 2 aromatic carbocycles. The van der Waals surface area contributed by atoms with Gasteiger partial charge in [0.25, 0.3) is 5.91 Å². The lowest BCUT2D eigenvalue weighted by atomic mass is 9.91. The minimum atomic E-state index is -4.67. The van der Waals surface area contributed by atoms with Gasteiger partial charge in [-0.05, 0) is 49.1 Å². The maximum Gasteiger partial charge on any atom is 0.418 e. The molecule has 1 aliphatic carbocycles. The molecule has 1 saturated carbocycles. The Bertz CT molecular complexity index is 1070. The van der Waals surface area contributed by atoms with Crippen molar-refractivity contribution in [2.24, 2.45) is 0 Å². The van der Waals surface area contributed by atoms with Crippen molar-refractivity contribution in [2.75, 3.05) is 22.6 Å². The second-order valence-electron chi connectivity index (χ2n) is 8.58. The van der Waals surface area contributed by atoms with E-state index in [-0.39, 0.29) is 17.2 Å². The van der Waals surface area contributed by atoms with Gasteiger partial charge in [0.05, 0.1) is 29.0 Å². The number of nitrogens with zero attached hydrogens (tertiary/aromatic N) is 1. The van der Waals surface area contributed by atoms with Crippen molar-refractivity contribution in [3.8, 4) is 0 Å². The van der Waals surface area contributed by atoms with Crippen LogP contribution in [0.1, 0.15) is 53.6 Å². The number of fused-ring (bicyclic) bond motifs is 1. The summed E-state index contributed by atoms with van der Waals surface area (Å²) in [5.41, 5.74) is 0.549. The maximum atomic E-state index is 13.8. The third-order valence-corrected chi connectivity index (χ3v) is 6.36. The predicted octanol–water partition coefficient (Wildman–Crippen LogP) is 4.58. The molecule has 2 amide bonds. The Hall–Kier alpha value is -3.07. The topological polar surface area (TPSA) is 81.7 Å². The zero-order chi connectivity index (χ0) is 23.8. The van der Waals surface area contributed by atoms with Crippen LogP contribution in [-0.2, 0) is 17.4 Å². The summed E-state index contributed by atoms with van der Waals surface area (Å²) in [5.74, 6) is -0.750. The van der Waals surface area contributed by atoms with Gasteiger partial charge in [0.1, 0.15) is 0 Å². The molecule has 0 spiro atoms. The average Bonchev–Trinajstić information content (AvgIpc) is 2.77.